The molecule has 0 bridgehead atoms. The maximum absolute atomic E-state index is 12.0. The van der Waals surface area contributed by atoms with E-state index in [1.54, 1.807) is 0 Å². The van der Waals surface area contributed by atoms with Crippen molar-refractivity contribution in [2.45, 2.75) is 45.7 Å². The average molecular weight is 441 g/mol. The molecule has 0 spiro atoms. The van der Waals surface area contributed by atoms with Crippen LogP contribution in [0, 0.1) is 6.92 Å². The summed E-state index contributed by atoms with van der Waals surface area (Å²) in [5, 5.41) is 15.3. The molecule has 1 saturated heterocycles. The lowest BCUT2D eigenvalue weighted by Crippen LogP contribution is -2.45. The molecular formula is C23H36N8O. The summed E-state index contributed by atoms with van der Waals surface area (Å²) in [5.74, 6) is 2.65. The summed E-state index contributed by atoms with van der Waals surface area (Å²) in [4.78, 5) is 20.9. The van der Waals surface area contributed by atoms with Crippen molar-refractivity contribution in [1.29, 1.82) is 0 Å². The van der Waals surface area contributed by atoms with Crippen molar-refractivity contribution < 1.29 is 4.79 Å². The fourth-order valence-corrected chi connectivity index (χ4v) is 3.75. The fourth-order valence-electron chi connectivity index (χ4n) is 3.75. The van der Waals surface area contributed by atoms with E-state index in [9.17, 15) is 4.79 Å². The first kappa shape index (κ1) is 23.6. The lowest BCUT2D eigenvalue weighted by molar-refractivity contribution is -0.129. The predicted octanol–water partition coefficient (Wildman–Crippen LogP) is 1.70. The third kappa shape index (κ3) is 6.45. The van der Waals surface area contributed by atoms with E-state index >= 15 is 0 Å². The van der Waals surface area contributed by atoms with Crippen molar-refractivity contribution >= 4 is 17.6 Å². The van der Waals surface area contributed by atoms with Gasteiger partial charge in [-0.25, -0.2) is 4.99 Å². The molecule has 9 nitrogen and oxygen atoms in total. The number of likely N-dealkylation sites (tertiary alicyclic amines) is 1. The Morgan fingerprint density at radius 3 is 2.75 bits per heavy atom. The Balaban J connectivity index is 1.55. The fraction of sp³-hybridized carbons (Fsp3) is 0.565. The number of amides is 1. The lowest BCUT2D eigenvalue weighted by atomic mass is 10.2. The van der Waals surface area contributed by atoms with Gasteiger partial charge in [0.05, 0.1) is 0 Å². The molecular weight excluding hydrogens is 404 g/mol. The van der Waals surface area contributed by atoms with Gasteiger partial charge >= 0.3 is 0 Å². The van der Waals surface area contributed by atoms with Gasteiger partial charge in [-0.15, -0.1) is 10.2 Å². The van der Waals surface area contributed by atoms with E-state index in [2.05, 4.69) is 57.0 Å². The van der Waals surface area contributed by atoms with Crippen LogP contribution in [0.5, 0.6) is 0 Å². The van der Waals surface area contributed by atoms with Crippen LogP contribution in [0.2, 0.25) is 0 Å². The summed E-state index contributed by atoms with van der Waals surface area (Å²) in [7, 11) is 4.06. The summed E-state index contributed by atoms with van der Waals surface area (Å²) in [6, 6.07) is 10.6. The second-order valence-electron chi connectivity index (χ2n) is 8.25. The van der Waals surface area contributed by atoms with Gasteiger partial charge in [0.2, 0.25) is 5.91 Å². The third-order valence-electron chi connectivity index (χ3n) is 5.91. The number of guanidine groups is 1. The number of benzene rings is 1. The number of carbonyl (C=O) groups is 1. The summed E-state index contributed by atoms with van der Waals surface area (Å²) < 4.78 is 1.95. The van der Waals surface area contributed by atoms with E-state index in [1.807, 2.05) is 36.4 Å². The van der Waals surface area contributed by atoms with Gasteiger partial charge in [0.15, 0.2) is 11.8 Å². The van der Waals surface area contributed by atoms with Crippen LogP contribution < -0.4 is 15.5 Å². The molecule has 1 aromatic heterocycles. The molecule has 0 radical (unpaired) electrons. The molecule has 1 aliphatic rings. The number of rotatable bonds is 9. The molecule has 0 saturated carbocycles. The second-order valence-corrected chi connectivity index (χ2v) is 8.25. The molecule has 9 heteroatoms. The van der Waals surface area contributed by atoms with E-state index < -0.39 is 0 Å². The van der Waals surface area contributed by atoms with Crippen molar-refractivity contribution in [3.05, 3.63) is 42.0 Å². The van der Waals surface area contributed by atoms with Gasteiger partial charge in [0.1, 0.15) is 12.4 Å². The normalized spacial score (nSPS) is 16.3. The minimum absolute atomic E-state index is 0.199. The highest BCUT2D eigenvalue weighted by atomic mass is 16.2. The maximum atomic E-state index is 12.0. The molecule has 2 aromatic rings. The molecule has 2 heterocycles. The maximum Gasteiger partial charge on any atom is 0.222 e. The van der Waals surface area contributed by atoms with Crippen LogP contribution >= 0.6 is 0 Å². The highest BCUT2D eigenvalue weighted by Gasteiger charge is 2.25. The van der Waals surface area contributed by atoms with Crippen LogP contribution in [0.15, 0.2) is 35.3 Å². The number of hydrogen-bond donors (Lipinski definition) is 2. The van der Waals surface area contributed by atoms with Gasteiger partial charge in [0, 0.05) is 58.4 Å². The standard InChI is InChI=1S/C23H36N8O/c1-5-22(32)31-15-12-19(17-31)26-23(25-16-21-28-27-18(2)30(21)4)24-13-9-14-29(3)20-10-7-6-8-11-20/h6-8,10-11,19H,5,9,12-17H2,1-4H3,(H2,24,25,26). The monoisotopic (exact) mass is 440 g/mol. The smallest absolute Gasteiger partial charge is 0.222 e. The lowest BCUT2D eigenvalue weighted by Gasteiger charge is -2.21. The first-order chi connectivity index (χ1) is 15.5. The van der Waals surface area contributed by atoms with E-state index in [0.29, 0.717) is 19.5 Å². The summed E-state index contributed by atoms with van der Waals surface area (Å²) in [5.41, 5.74) is 1.21. The molecule has 3 rings (SSSR count). The number of nitrogens with zero attached hydrogens (tertiary/aromatic N) is 6. The number of hydrogen-bond acceptors (Lipinski definition) is 5. The Kier molecular flexibility index (Phi) is 8.47. The third-order valence-corrected chi connectivity index (χ3v) is 5.91. The molecule has 1 unspecified atom stereocenters. The minimum Gasteiger partial charge on any atom is -0.375 e. The second kappa shape index (κ2) is 11.5. The molecule has 1 atom stereocenters. The summed E-state index contributed by atoms with van der Waals surface area (Å²) >= 11 is 0. The van der Waals surface area contributed by atoms with Gasteiger partial charge in [-0.2, -0.15) is 0 Å². The molecule has 174 valence electrons. The molecule has 1 amide bonds. The summed E-state index contributed by atoms with van der Waals surface area (Å²) in [6.45, 7) is 7.53. The number of carbonyl (C=O) groups excluding carboxylic acids is 1. The zero-order chi connectivity index (χ0) is 22.9. The molecule has 2 N–H and O–H groups in total. The zero-order valence-electron chi connectivity index (χ0n) is 19.7. The van der Waals surface area contributed by atoms with Crippen molar-refractivity contribution in [2.75, 3.05) is 38.1 Å². The Morgan fingerprint density at radius 1 is 1.28 bits per heavy atom. The van der Waals surface area contributed by atoms with E-state index in [1.165, 1.54) is 5.69 Å². The average Bonchev–Trinajstić information content (AvgIpc) is 3.41. The van der Waals surface area contributed by atoms with E-state index in [4.69, 9.17) is 4.99 Å². The predicted molar refractivity (Wildman–Crippen MR) is 128 cm³/mol. The molecule has 0 aliphatic carbocycles. The number of aryl methyl sites for hydroxylation is 1. The van der Waals surface area contributed by atoms with Crippen molar-refractivity contribution in [3.8, 4) is 0 Å². The first-order valence-corrected chi connectivity index (χ1v) is 11.4. The Morgan fingerprint density at radius 2 is 2.06 bits per heavy atom. The van der Waals surface area contributed by atoms with Crippen molar-refractivity contribution in [3.63, 3.8) is 0 Å². The SMILES string of the molecule is CCC(=O)N1CCC(NC(=NCc2nnc(C)n2C)NCCCN(C)c2ccccc2)C1. The minimum atomic E-state index is 0.199. The Bertz CT molecular complexity index is 895. The van der Waals surface area contributed by atoms with Gasteiger partial charge in [-0.05, 0) is 31.9 Å². The highest BCUT2D eigenvalue weighted by Crippen LogP contribution is 2.12. The number of anilines is 1. The Labute approximate surface area is 190 Å². The zero-order valence-corrected chi connectivity index (χ0v) is 19.7. The van der Waals surface area contributed by atoms with Crippen LogP contribution in [0.1, 0.15) is 37.8 Å². The highest BCUT2D eigenvalue weighted by molar-refractivity contribution is 5.80. The van der Waals surface area contributed by atoms with Crippen LogP contribution in [-0.4, -0.2) is 70.8 Å². The van der Waals surface area contributed by atoms with Gasteiger partial charge < -0.3 is 25.0 Å². The van der Waals surface area contributed by atoms with Gasteiger partial charge in [-0.1, -0.05) is 25.1 Å². The van der Waals surface area contributed by atoms with Crippen LogP contribution in [0.4, 0.5) is 5.69 Å². The van der Waals surface area contributed by atoms with E-state index in [-0.39, 0.29) is 11.9 Å². The number of aliphatic imine (C=N–C) groups is 1. The van der Waals surface area contributed by atoms with Crippen LogP contribution in [0.3, 0.4) is 0 Å². The van der Waals surface area contributed by atoms with Crippen LogP contribution in [-0.2, 0) is 18.4 Å². The number of nitrogens with one attached hydrogen (secondary N) is 2. The Hall–Kier alpha value is -3.10. The molecule has 1 aromatic carbocycles. The van der Waals surface area contributed by atoms with Crippen molar-refractivity contribution in [1.82, 2.24) is 30.3 Å². The van der Waals surface area contributed by atoms with Crippen molar-refractivity contribution in [2.24, 2.45) is 12.0 Å². The molecule has 1 fully saturated rings. The van der Waals surface area contributed by atoms with E-state index in [0.717, 1.165) is 50.1 Å². The topological polar surface area (TPSA) is 90.7 Å². The quantitative estimate of drug-likeness (QED) is 0.350. The molecule has 32 heavy (non-hydrogen) atoms. The largest absolute Gasteiger partial charge is 0.375 e. The van der Waals surface area contributed by atoms with Gasteiger partial charge in [-0.3, -0.25) is 4.79 Å². The van der Waals surface area contributed by atoms with Gasteiger partial charge in [0.25, 0.3) is 0 Å². The first-order valence-electron chi connectivity index (χ1n) is 11.4. The summed E-state index contributed by atoms with van der Waals surface area (Å²) in [6.07, 6.45) is 2.44. The number of aromatic nitrogens is 3. The van der Waals surface area contributed by atoms with Crippen LogP contribution in [0.25, 0.3) is 0 Å². The number of para-hydroxylation sites is 1. The molecule has 1 aliphatic heterocycles.